The van der Waals surface area contributed by atoms with E-state index < -0.39 is 5.97 Å². The van der Waals surface area contributed by atoms with Gasteiger partial charge in [0.2, 0.25) is 0 Å². The standard InChI is InChI=1S/C13H19NO5/c1-2-18-13(17)11-5-3-4-6-12(11)19-14(7-9-15)8-10-16/h3-6,15-16H,2,7-10H2,1H3. The van der Waals surface area contributed by atoms with Gasteiger partial charge in [0.15, 0.2) is 5.75 Å². The van der Waals surface area contributed by atoms with Crippen LogP contribution in [0.1, 0.15) is 17.3 Å². The van der Waals surface area contributed by atoms with Crippen molar-refractivity contribution in [3.63, 3.8) is 0 Å². The summed E-state index contributed by atoms with van der Waals surface area (Å²) in [6, 6.07) is 6.67. The van der Waals surface area contributed by atoms with Gasteiger partial charge in [-0.05, 0) is 19.1 Å². The molecule has 1 aromatic carbocycles. The Morgan fingerprint density at radius 1 is 1.21 bits per heavy atom. The van der Waals surface area contributed by atoms with Gasteiger partial charge in [-0.2, -0.15) is 0 Å². The highest BCUT2D eigenvalue weighted by molar-refractivity contribution is 5.92. The van der Waals surface area contributed by atoms with E-state index in [1.54, 1.807) is 31.2 Å². The van der Waals surface area contributed by atoms with Crippen LogP contribution in [0.3, 0.4) is 0 Å². The van der Waals surface area contributed by atoms with E-state index in [0.717, 1.165) is 0 Å². The molecule has 0 aliphatic heterocycles. The molecule has 106 valence electrons. The summed E-state index contributed by atoms with van der Waals surface area (Å²) in [6.07, 6.45) is 0. The molecule has 0 heterocycles. The number of para-hydroxylation sites is 1. The van der Waals surface area contributed by atoms with Crippen LogP contribution >= 0.6 is 0 Å². The summed E-state index contributed by atoms with van der Waals surface area (Å²) < 4.78 is 4.93. The maximum Gasteiger partial charge on any atom is 0.342 e. The predicted molar refractivity (Wildman–Crippen MR) is 68.8 cm³/mol. The Hall–Kier alpha value is -1.63. The maximum absolute atomic E-state index is 11.7. The van der Waals surface area contributed by atoms with Crippen LogP contribution in [-0.2, 0) is 4.74 Å². The number of rotatable bonds is 8. The first-order valence-electron chi connectivity index (χ1n) is 6.13. The van der Waals surface area contributed by atoms with Crippen molar-refractivity contribution in [2.24, 2.45) is 0 Å². The van der Waals surface area contributed by atoms with Gasteiger partial charge in [0.05, 0.1) is 32.9 Å². The third-order valence-corrected chi connectivity index (χ3v) is 2.31. The first kappa shape index (κ1) is 15.4. The summed E-state index contributed by atoms with van der Waals surface area (Å²) in [5, 5.41) is 19.2. The lowest BCUT2D eigenvalue weighted by atomic mass is 10.2. The van der Waals surface area contributed by atoms with Gasteiger partial charge < -0.3 is 19.8 Å². The smallest absolute Gasteiger partial charge is 0.342 e. The molecule has 0 bridgehead atoms. The first-order valence-corrected chi connectivity index (χ1v) is 6.13. The minimum Gasteiger partial charge on any atom is -0.462 e. The van der Waals surface area contributed by atoms with Crippen LogP contribution in [-0.4, -0.2) is 54.2 Å². The number of carbonyl (C=O) groups is 1. The lowest BCUT2D eigenvalue weighted by Crippen LogP contribution is -2.33. The number of hydroxylamine groups is 2. The SMILES string of the molecule is CCOC(=O)c1ccccc1ON(CCO)CCO. The first-order chi connectivity index (χ1) is 9.22. The van der Waals surface area contributed by atoms with Crippen molar-refractivity contribution in [3.05, 3.63) is 29.8 Å². The van der Waals surface area contributed by atoms with Gasteiger partial charge in [0.1, 0.15) is 5.56 Å². The van der Waals surface area contributed by atoms with Crippen molar-refractivity contribution < 1.29 is 24.6 Å². The molecule has 6 heteroatoms. The molecule has 0 unspecified atom stereocenters. The van der Waals surface area contributed by atoms with Crippen molar-refractivity contribution >= 4 is 5.97 Å². The largest absolute Gasteiger partial charge is 0.462 e. The van der Waals surface area contributed by atoms with Gasteiger partial charge in [-0.15, -0.1) is 5.06 Å². The average molecular weight is 269 g/mol. The number of esters is 1. The Balaban J connectivity index is 2.83. The van der Waals surface area contributed by atoms with E-state index in [1.165, 1.54) is 5.06 Å². The molecule has 19 heavy (non-hydrogen) atoms. The zero-order chi connectivity index (χ0) is 14.1. The van der Waals surface area contributed by atoms with E-state index in [-0.39, 0.29) is 32.9 Å². The molecule has 0 aliphatic carbocycles. The van der Waals surface area contributed by atoms with Gasteiger partial charge in [-0.1, -0.05) is 12.1 Å². The van der Waals surface area contributed by atoms with Crippen LogP contribution in [0.4, 0.5) is 0 Å². The third-order valence-electron chi connectivity index (χ3n) is 2.31. The minimum absolute atomic E-state index is 0.110. The average Bonchev–Trinajstić information content (AvgIpc) is 2.40. The van der Waals surface area contributed by atoms with E-state index >= 15 is 0 Å². The van der Waals surface area contributed by atoms with Crippen LogP contribution in [0.5, 0.6) is 5.75 Å². The number of hydrogen-bond acceptors (Lipinski definition) is 6. The Bertz CT molecular complexity index is 390. The molecule has 0 aliphatic rings. The number of benzene rings is 1. The zero-order valence-electron chi connectivity index (χ0n) is 10.9. The molecule has 2 N–H and O–H groups in total. The number of aliphatic hydroxyl groups excluding tert-OH is 2. The number of ether oxygens (including phenoxy) is 1. The van der Waals surface area contributed by atoms with Gasteiger partial charge in [-0.25, -0.2) is 4.79 Å². The molecule has 6 nitrogen and oxygen atoms in total. The van der Waals surface area contributed by atoms with Crippen molar-refractivity contribution in [1.82, 2.24) is 5.06 Å². The van der Waals surface area contributed by atoms with Crippen LogP contribution in [0.2, 0.25) is 0 Å². The lowest BCUT2D eigenvalue weighted by molar-refractivity contribution is -0.0764. The highest BCUT2D eigenvalue weighted by Crippen LogP contribution is 2.20. The molecule has 1 aromatic rings. The van der Waals surface area contributed by atoms with Crippen LogP contribution in [0, 0.1) is 0 Å². The molecular formula is C13H19NO5. The molecule has 0 saturated heterocycles. The van der Waals surface area contributed by atoms with E-state index in [1.807, 2.05) is 0 Å². The molecule has 0 fully saturated rings. The van der Waals surface area contributed by atoms with Gasteiger partial charge in [-0.3, -0.25) is 0 Å². The molecule has 0 saturated carbocycles. The number of nitrogens with zero attached hydrogens (tertiary/aromatic N) is 1. The monoisotopic (exact) mass is 269 g/mol. The molecule has 0 atom stereocenters. The Morgan fingerprint density at radius 3 is 2.42 bits per heavy atom. The van der Waals surface area contributed by atoms with Gasteiger partial charge in [0.25, 0.3) is 0 Å². The van der Waals surface area contributed by atoms with Crippen LogP contribution in [0.15, 0.2) is 24.3 Å². The second kappa shape index (κ2) is 8.47. The molecule has 1 rings (SSSR count). The summed E-state index contributed by atoms with van der Waals surface area (Å²) in [5.41, 5.74) is 0.310. The fourth-order valence-electron chi connectivity index (χ4n) is 1.49. The number of aliphatic hydroxyl groups is 2. The third kappa shape index (κ3) is 4.86. The molecular weight excluding hydrogens is 250 g/mol. The topological polar surface area (TPSA) is 79.2 Å². The van der Waals surface area contributed by atoms with Gasteiger partial charge in [0, 0.05) is 0 Å². The maximum atomic E-state index is 11.7. The quantitative estimate of drug-likeness (QED) is 0.527. The number of carbonyl (C=O) groups excluding carboxylic acids is 1. The highest BCUT2D eigenvalue weighted by Gasteiger charge is 2.15. The fourth-order valence-corrected chi connectivity index (χ4v) is 1.49. The summed E-state index contributed by atoms with van der Waals surface area (Å²) in [6.45, 7) is 2.26. The predicted octanol–water partition coefficient (Wildman–Crippen LogP) is 0.444. The fraction of sp³-hybridized carbons (Fsp3) is 0.462. The zero-order valence-corrected chi connectivity index (χ0v) is 10.9. The van der Waals surface area contributed by atoms with Crippen molar-refractivity contribution in [3.8, 4) is 5.75 Å². The van der Waals surface area contributed by atoms with E-state index in [9.17, 15) is 4.79 Å². The summed E-state index contributed by atoms with van der Waals surface area (Å²) in [4.78, 5) is 17.2. The van der Waals surface area contributed by atoms with Crippen molar-refractivity contribution in [2.75, 3.05) is 32.9 Å². The normalized spacial score (nSPS) is 10.5. The Morgan fingerprint density at radius 2 is 1.84 bits per heavy atom. The highest BCUT2D eigenvalue weighted by atomic mass is 16.7. The van der Waals surface area contributed by atoms with E-state index in [4.69, 9.17) is 19.8 Å². The molecule has 0 radical (unpaired) electrons. The summed E-state index contributed by atoms with van der Waals surface area (Å²) in [5.74, 6) is -0.131. The second-order valence-corrected chi connectivity index (χ2v) is 3.68. The summed E-state index contributed by atoms with van der Waals surface area (Å²) in [7, 11) is 0. The van der Waals surface area contributed by atoms with Crippen molar-refractivity contribution in [1.29, 1.82) is 0 Å². The number of hydrogen-bond donors (Lipinski definition) is 2. The Labute approximate surface area is 112 Å². The minimum atomic E-state index is -0.467. The summed E-state index contributed by atoms with van der Waals surface area (Å²) >= 11 is 0. The van der Waals surface area contributed by atoms with Crippen LogP contribution in [0.25, 0.3) is 0 Å². The Kier molecular flexibility index (Phi) is 6.88. The molecule has 0 spiro atoms. The van der Waals surface area contributed by atoms with E-state index in [2.05, 4.69) is 0 Å². The van der Waals surface area contributed by atoms with Crippen molar-refractivity contribution in [2.45, 2.75) is 6.92 Å². The van der Waals surface area contributed by atoms with Crippen LogP contribution < -0.4 is 4.84 Å². The molecule has 0 aromatic heterocycles. The molecule has 0 amide bonds. The lowest BCUT2D eigenvalue weighted by Gasteiger charge is -2.21. The van der Waals surface area contributed by atoms with Gasteiger partial charge >= 0.3 is 5.97 Å². The second-order valence-electron chi connectivity index (χ2n) is 3.68. The van der Waals surface area contributed by atoms with E-state index in [0.29, 0.717) is 11.3 Å².